The molecule has 2 aliphatic heterocycles. The van der Waals surface area contributed by atoms with Gasteiger partial charge in [0.2, 0.25) is 11.8 Å². The summed E-state index contributed by atoms with van der Waals surface area (Å²) in [6.07, 6.45) is 12.3. The zero-order valence-corrected chi connectivity index (χ0v) is 32.0. The minimum Gasteiger partial charge on any atom is -0.468 e. The molecule has 7 N–H and O–H groups in total. The van der Waals surface area contributed by atoms with E-state index in [0.29, 0.717) is 38.4 Å². The van der Waals surface area contributed by atoms with Gasteiger partial charge in [-0.1, -0.05) is 0 Å². The Labute approximate surface area is 311 Å². The van der Waals surface area contributed by atoms with Gasteiger partial charge in [0.05, 0.1) is 26.7 Å². The van der Waals surface area contributed by atoms with Crippen molar-refractivity contribution in [1.29, 1.82) is 0 Å². The SMILES string of the molecule is C#CC#CC#CC#CC#C.COC(=O)[C@@H](N)C[C@@H]1CCNC1=O.COC(=O)[C@H](C[C@@H]1CCNC1=O)NC(=O)OC(C)(C)C.CS(=O)(=O)O.CS(=O)(=O)O. The Morgan fingerprint density at radius 2 is 1.17 bits per heavy atom. The Morgan fingerprint density at radius 1 is 0.811 bits per heavy atom. The smallest absolute Gasteiger partial charge is 0.408 e. The molecule has 18 nitrogen and oxygen atoms in total. The molecular weight excluding hydrogens is 741 g/mol. The Hall–Kier alpha value is -5.27. The van der Waals surface area contributed by atoms with Gasteiger partial charge in [-0.2, -0.15) is 16.8 Å². The van der Waals surface area contributed by atoms with Gasteiger partial charge in [0.15, 0.2) is 0 Å². The molecule has 0 aromatic heterocycles. The first-order chi connectivity index (χ1) is 24.3. The normalized spacial score (nSPS) is 16.2. The van der Waals surface area contributed by atoms with Gasteiger partial charge in [0.25, 0.3) is 20.2 Å². The van der Waals surface area contributed by atoms with Crippen LogP contribution in [0.4, 0.5) is 4.79 Å². The van der Waals surface area contributed by atoms with E-state index in [4.69, 9.17) is 32.4 Å². The predicted molar refractivity (Wildman–Crippen MR) is 193 cm³/mol. The number of alkyl carbamates (subject to hydrolysis) is 1. The number of hydrogen-bond donors (Lipinski definition) is 6. The number of methoxy groups -OCH3 is 2. The Kier molecular flexibility index (Phi) is 26.9. The zero-order valence-electron chi connectivity index (χ0n) is 30.4. The molecule has 0 bridgehead atoms. The third-order valence-corrected chi connectivity index (χ3v) is 5.52. The largest absolute Gasteiger partial charge is 0.468 e. The van der Waals surface area contributed by atoms with Crippen molar-refractivity contribution in [2.24, 2.45) is 17.6 Å². The Balaban J connectivity index is -0.000000654. The first kappa shape index (κ1) is 52.1. The van der Waals surface area contributed by atoms with Gasteiger partial charge in [0, 0.05) is 24.9 Å². The highest BCUT2D eigenvalue weighted by Crippen LogP contribution is 2.18. The van der Waals surface area contributed by atoms with Crippen molar-refractivity contribution in [3.05, 3.63) is 0 Å². The number of esters is 2. The molecule has 0 radical (unpaired) electrons. The van der Waals surface area contributed by atoms with Gasteiger partial charge in [0.1, 0.15) is 17.7 Å². The maximum absolute atomic E-state index is 11.7. The minimum absolute atomic E-state index is 0.0145. The molecule has 2 aliphatic rings. The number of nitrogens with one attached hydrogen (secondary N) is 3. The van der Waals surface area contributed by atoms with Crippen LogP contribution in [0.15, 0.2) is 0 Å². The third kappa shape index (κ3) is 36.3. The second-order valence-electron chi connectivity index (χ2n) is 11.4. The van der Waals surface area contributed by atoms with E-state index in [1.54, 1.807) is 20.8 Å². The van der Waals surface area contributed by atoms with Gasteiger partial charge in [-0.3, -0.25) is 23.5 Å². The number of terminal acetylenes is 2. The Morgan fingerprint density at radius 3 is 1.47 bits per heavy atom. The van der Waals surface area contributed by atoms with Gasteiger partial charge in [-0.15, -0.1) is 12.8 Å². The second-order valence-corrected chi connectivity index (χ2v) is 14.3. The molecule has 20 heteroatoms. The van der Waals surface area contributed by atoms with Crippen molar-refractivity contribution in [2.45, 2.75) is 64.1 Å². The monoisotopic (exact) mass is 786 g/mol. The average molecular weight is 787 g/mol. The zero-order chi connectivity index (χ0) is 41.8. The summed E-state index contributed by atoms with van der Waals surface area (Å²) in [5, 5.41) is 7.83. The van der Waals surface area contributed by atoms with Gasteiger partial charge in [-0.05, 0) is 93.8 Å². The minimum atomic E-state index is -3.67. The van der Waals surface area contributed by atoms with E-state index in [1.807, 2.05) is 0 Å². The summed E-state index contributed by atoms with van der Waals surface area (Å²) >= 11 is 0. The highest BCUT2D eigenvalue weighted by molar-refractivity contribution is 7.85. The van der Waals surface area contributed by atoms with E-state index < -0.39 is 56.0 Å². The third-order valence-electron chi connectivity index (χ3n) is 5.52. The molecule has 2 saturated heterocycles. The van der Waals surface area contributed by atoms with Crippen LogP contribution in [0.3, 0.4) is 0 Å². The summed E-state index contributed by atoms with van der Waals surface area (Å²) in [6.45, 7) is 6.44. The number of carbonyl (C=O) groups excluding carboxylic acids is 5. The first-order valence-corrected chi connectivity index (χ1v) is 18.7. The standard InChI is InChI=1S/C13H22N2O5.C10H2.C8H14N2O3.2CH4O3S/c1-13(2,3)20-12(18)15-9(11(17)19-4)7-8-5-6-14-10(8)16;1-3-5-7-9-10-8-6-4-2;1-13-8(12)6(9)4-5-2-3-10-7(5)11;2*1-5(2,3)4/h8-9H,5-7H2,1-4H3,(H,14,16)(H,15,18);1-2H;5-6H,2-4,9H2,1H3,(H,10,11);2*1H3,(H,2,3,4)/t8-,9-;;5-,6-;;/m0.0../s1. The van der Waals surface area contributed by atoms with Crippen LogP contribution in [-0.4, -0.2) is 113 Å². The lowest BCUT2D eigenvalue weighted by Crippen LogP contribution is -2.45. The van der Waals surface area contributed by atoms with E-state index in [9.17, 15) is 40.8 Å². The maximum atomic E-state index is 11.7. The summed E-state index contributed by atoms with van der Waals surface area (Å²) in [5.74, 6) is 16.8. The Bertz CT molecular complexity index is 1660. The maximum Gasteiger partial charge on any atom is 0.408 e. The van der Waals surface area contributed by atoms with Crippen LogP contribution in [0.2, 0.25) is 0 Å². The number of amides is 3. The van der Waals surface area contributed by atoms with Crippen molar-refractivity contribution in [3.63, 3.8) is 0 Å². The summed E-state index contributed by atoms with van der Waals surface area (Å²) < 4.78 is 65.9. The quantitative estimate of drug-likeness (QED) is 0.0770. The molecule has 0 aromatic rings. The van der Waals surface area contributed by atoms with Crippen molar-refractivity contribution in [3.8, 4) is 60.2 Å². The first-order valence-electron chi connectivity index (χ1n) is 15.0. The fourth-order valence-corrected chi connectivity index (χ4v) is 3.58. The van der Waals surface area contributed by atoms with Crippen LogP contribution in [0.25, 0.3) is 0 Å². The topological polar surface area (TPSA) is 284 Å². The molecule has 3 amide bonds. The number of carbonyl (C=O) groups is 5. The summed E-state index contributed by atoms with van der Waals surface area (Å²) in [5.41, 5.74) is 4.86. The summed E-state index contributed by atoms with van der Waals surface area (Å²) in [4.78, 5) is 56.9. The van der Waals surface area contributed by atoms with Crippen LogP contribution in [0.1, 0.15) is 46.5 Å². The van der Waals surface area contributed by atoms with Crippen molar-refractivity contribution in [1.82, 2.24) is 16.0 Å². The second kappa shape index (κ2) is 27.4. The lowest BCUT2D eigenvalue weighted by Gasteiger charge is -2.23. The summed E-state index contributed by atoms with van der Waals surface area (Å²) in [6, 6.07) is -1.57. The molecule has 2 fully saturated rings. The molecule has 2 heterocycles. The number of nitrogens with two attached hydrogens (primary N) is 1. The molecule has 0 aliphatic carbocycles. The highest BCUT2D eigenvalue weighted by atomic mass is 32.2. The fourth-order valence-electron chi connectivity index (χ4n) is 3.58. The van der Waals surface area contributed by atoms with Crippen molar-refractivity contribution in [2.75, 3.05) is 39.8 Å². The van der Waals surface area contributed by atoms with E-state index in [1.165, 1.54) is 14.2 Å². The molecule has 53 heavy (non-hydrogen) atoms. The molecule has 0 saturated carbocycles. The lowest BCUT2D eigenvalue weighted by molar-refractivity contribution is -0.144. The van der Waals surface area contributed by atoms with Crippen LogP contribution < -0.4 is 21.7 Å². The van der Waals surface area contributed by atoms with Gasteiger partial charge >= 0.3 is 18.0 Å². The van der Waals surface area contributed by atoms with Gasteiger partial charge < -0.3 is 35.9 Å². The molecule has 4 atom stereocenters. The highest BCUT2D eigenvalue weighted by Gasteiger charge is 2.33. The summed E-state index contributed by atoms with van der Waals surface area (Å²) in [7, 11) is -4.81. The molecule has 0 aromatic carbocycles. The lowest BCUT2D eigenvalue weighted by atomic mass is 9.98. The molecule has 0 unspecified atom stereocenters. The number of rotatable bonds is 7. The fraction of sp³-hybridized carbons (Fsp3) is 0.545. The van der Waals surface area contributed by atoms with Crippen molar-refractivity contribution >= 4 is 50.1 Å². The molecule has 294 valence electrons. The predicted octanol–water partition coefficient (Wildman–Crippen LogP) is -1.14. The van der Waals surface area contributed by atoms with Crippen molar-refractivity contribution < 1.29 is 64.1 Å². The molecule has 2 rings (SSSR count). The van der Waals surface area contributed by atoms with Gasteiger partial charge in [-0.25, -0.2) is 9.59 Å². The van der Waals surface area contributed by atoms with E-state index >= 15 is 0 Å². The van der Waals surface area contributed by atoms with E-state index in [0.717, 1.165) is 6.42 Å². The molecular formula is C33H46N4O14S2. The average Bonchev–Trinajstić information content (AvgIpc) is 3.62. The van der Waals surface area contributed by atoms with Crippen LogP contribution in [0, 0.1) is 72.0 Å². The van der Waals surface area contributed by atoms with Crippen LogP contribution in [0.5, 0.6) is 0 Å². The van der Waals surface area contributed by atoms with Crippen LogP contribution >= 0.6 is 0 Å². The number of hydrogen-bond acceptors (Lipinski definition) is 13. The van der Waals surface area contributed by atoms with E-state index in [-0.39, 0.29) is 30.1 Å². The molecule has 0 spiro atoms. The van der Waals surface area contributed by atoms with E-state index in [2.05, 4.69) is 72.8 Å². The number of ether oxygens (including phenoxy) is 3. The van der Waals surface area contributed by atoms with Crippen LogP contribution in [-0.2, 0) is 53.6 Å².